The fourth-order valence-corrected chi connectivity index (χ4v) is 3.79. The van der Waals surface area contributed by atoms with Crippen LogP contribution < -0.4 is 5.32 Å². The van der Waals surface area contributed by atoms with Gasteiger partial charge >= 0.3 is 0 Å². The highest BCUT2D eigenvalue weighted by molar-refractivity contribution is 5.83. The number of ether oxygens (including phenoxy) is 1. The predicted octanol–water partition coefficient (Wildman–Crippen LogP) is 2.43. The topological polar surface area (TPSA) is 40.3 Å². The molecule has 0 aliphatic carbocycles. The van der Waals surface area contributed by atoms with Gasteiger partial charge in [-0.15, -0.1) is 0 Å². The third-order valence-electron chi connectivity index (χ3n) is 5.21. The molecule has 0 spiro atoms. The van der Waals surface area contributed by atoms with Crippen LogP contribution in [-0.4, -0.2) is 48.3 Å². The largest absolute Gasteiger partial charge is 0.377 e. The number of nitrogens with zero attached hydrogens (tertiary/aromatic N) is 1. The number of benzene rings is 1. The van der Waals surface area contributed by atoms with E-state index in [0.717, 1.165) is 26.3 Å². The number of H-pyrrole nitrogens is 1. The molecule has 3 heterocycles. The lowest BCUT2D eigenvalue weighted by Crippen LogP contribution is -2.66. The summed E-state index contributed by atoms with van der Waals surface area (Å²) >= 11 is 0. The van der Waals surface area contributed by atoms with Crippen molar-refractivity contribution < 1.29 is 4.74 Å². The van der Waals surface area contributed by atoms with Crippen LogP contribution in [0.1, 0.15) is 24.0 Å². The van der Waals surface area contributed by atoms with E-state index in [1.807, 2.05) is 0 Å². The number of rotatable bonds is 5. The van der Waals surface area contributed by atoms with Gasteiger partial charge in [0.2, 0.25) is 0 Å². The lowest BCUT2D eigenvalue weighted by atomic mass is 9.95. The summed E-state index contributed by atoms with van der Waals surface area (Å²) in [6, 6.07) is 6.59. The van der Waals surface area contributed by atoms with Crippen LogP contribution in [-0.2, 0) is 11.3 Å². The minimum absolute atomic E-state index is 0.249. The first kappa shape index (κ1) is 14.2. The summed E-state index contributed by atoms with van der Waals surface area (Å²) in [7, 11) is 0. The molecule has 2 fully saturated rings. The maximum absolute atomic E-state index is 5.54. The number of aromatic amines is 1. The molecular formula is C18H25N3O. The number of aromatic nitrogens is 1. The molecule has 2 aliphatic rings. The first-order valence-corrected chi connectivity index (χ1v) is 8.37. The van der Waals surface area contributed by atoms with Crippen LogP contribution in [0.5, 0.6) is 0 Å². The van der Waals surface area contributed by atoms with E-state index < -0.39 is 0 Å². The monoisotopic (exact) mass is 299 g/mol. The van der Waals surface area contributed by atoms with Gasteiger partial charge in [0.25, 0.3) is 0 Å². The lowest BCUT2D eigenvalue weighted by Gasteiger charge is -2.48. The van der Waals surface area contributed by atoms with Crippen molar-refractivity contribution in [2.24, 2.45) is 0 Å². The molecule has 2 aliphatic heterocycles. The Kier molecular flexibility index (Phi) is 3.68. The number of nitrogens with one attached hydrogen (secondary N) is 2. The molecule has 22 heavy (non-hydrogen) atoms. The van der Waals surface area contributed by atoms with Crippen LogP contribution in [0, 0.1) is 6.92 Å². The van der Waals surface area contributed by atoms with Crippen LogP contribution in [0.2, 0.25) is 0 Å². The molecule has 2 aromatic rings. The van der Waals surface area contributed by atoms with E-state index in [-0.39, 0.29) is 5.54 Å². The number of aryl methyl sites for hydroxylation is 1. The third-order valence-corrected chi connectivity index (χ3v) is 5.21. The highest BCUT2D eigenvalue weighted by atomic mass is 16.5. The zero-order valence-electron chi connectivity index (χ0n) is 13.3. The van der Waals surface area contributed by atoms with E-state index in [4.69, 9.17) is 4.74 Å². The summed E-state index contributed by atoms with van der Waals surface area (Å²) in [6.45, 7) is 8.32. The van der Waals surface area contributed by atoms with Gasteiger partial charge in [-0.3, -0.25) is 4.90 Å². The maximum atomic E-state index is 5.54. The van der Waals surface area contributed by atoms with Crippen LogP contribution in [0.4, 0.5) is 0 Å². The second-order valence-corrected chi connectivity index (χ2v) is 6.88. The molecule has 2 saturated heterocycles. The van der Waals surface area contributed by atoms with E-state index in [1.165, 1.54) is 48.0 Å². The van der Waals surface area contributed by atoms with Crippen molar-refractivity contribution in [2.45, 2.75) is 31.8 Å². The Bertz CT molecular complexity index is 653. The van der Waals surface area contributed by atoms with Gasteiger partial charge in [-0.1, -0.05) is 11.6 Å². The Balaban J connectivity index is 1.42. The average molecular weight is 299 g/mol. The second-order valence-electron chi connectivity index (χ2n) is 6.88. The molecule has 4 heteroatoms. The molecule has 2 N–H and O–H groups in total. The second kappa shape index (κ2) is 5.69. The smallest absolute Gasteiger partial charge is 0.0804 e. The van der Waals surface area contributed by atoms with E-state index in [9.17, 15) is 0 Å². The zero-order chi connectivity index (χ0) is 15.0. The number of fused-ring (bicyclic) bond motifs is 1. The standard InChI is InChI=1S/C18H25N3O/c1-14-4-5-17-16(8-14)15(10-20-17)9-19-11-18(12-22-13-18)21-6-2-3-7-21/h4-5,8,10,19-20H,2-3,6-7,9,11-13H2,1H3. The van der Waals surface area contributed by atoms with Gasteiger partial charge in [0.05, 0.1) is 18.8 Å². The van der Waals surface area contributed by atoms with Crippen molar-refractivity contribution in [2.75, 3.05) is 32.8 Å². The van der Waals surface area contributed by atoms with Gasteiger partial charge in [0, 0.05) is 30.2 Å². The van der Waals surface area contributed by atoms with Crippen molar-refractivity contribution >= 4 is 10.9 Å². The summed E-state index contributed by atoms with van der Waals surface area (Å²) in [5, 5.41) is 5.02. The first-order valence-electron chi connectivity index (χ1n) is 8.37. The van der Waals surface area contributed by atoms with Crippen molar-refractivity contribution in [1.29, 1.82) is 0 Å². The van der Waals surface area contributed by atoms with Crippen molar-refractivity contribution in [3.63, 3.8) is 0 Å². The first-order chi connectivity index (χ1) is 10.8. The normalized spacial score (nSPS) is 21.3. The quantitative estimate of drug-likeness (QED) is 0.891. The van der Waals surface area contributed by atoms with Gasteiger partial charge in [0.15, 0.2) is 0 Å². The van der Waals surface area contributed by atoms with Gasteiger partial charge in [-0.05, 0) is 50.6 Å². The zero-order valence-corrected chi connectivity index (χ0v) is 13.3. The van der Waals surface area contributed by atoms with Crippen molar-refractivity contribution in [3.05, 3.63) is 35.5 Å². The van der Waals surface area contributed by atoms with Gasteiger partial charge in [0.1, 0.15) is 0 Å². The number of likely N-dealkylation sites (tertiary alicyclic amines) is 1. The highest BCUT2D eigenvalue weighted by Crippen LogP contribution is 2.28. The van der Waals surface area contributed by atoms with E-state index in [0.29, 0.717) is 0 Å². The molecule has 0 unspecified atom stereocenters. The summed E-state index contributed by atoms with van der Waals surface area (Å²) < 4.78 is 5.54. The maximum Gasteiger partial charge on any atom is 0.0804 e. The molecule has 1 aromatic heterocycles. The van der Waals surface area contributed by atoms with E-state index in [1.54, 1.807) is 0 Å². The number of hydrogen-bond acceptors (Lipinski definition) is 3. The summed E-state index contributed by atoms with van der Waals surface area (Å²) in [4.78, 5) is 6.00. The molecular weight excluding hydrogens is 274 g/mol. The van der Waals surface area contributed by atoms with Crippen LogP contribution in [0.15, 0.2) is 24.4 Å². The molecule has 118 valence electrons. The van der Waals surface area contributed by atoms with Crippen LogP contribution in [0.25, 0.3) is 10.9 Å². The molecule has 4 nitrogen and oxygen atoms in total. The van der Waals surface area contributed by atoms with Gasteiger partial charge in [-0.2, -0.15) is 0 Å². The Hall–Kier alpha value is -1.36. The summed E-state index contributed by atoms with van der Waals surface area (Å²) in [5.41, 5.74) is 4.15. The van der Waals surface area contributed by atoms with E-state index in [2.05, 4.69) is 46.5 Å². The van der Waals surface area contributed by atoms with E-state index >= 15 is 0 Å². The molecule has 4 rings (SSSR count). The molecule has 0 amide bonds. The lowest BCUT2D eigenvalue weighted by molar-refractivity contribution is -0.131. The minimum Gasteiger partial charge on any atom is -0.377 e. The van der Waals surface area contributed by atoms with Crippen LogP contribution in [0.3, 0.4) is 0 Å². The van der Waals surface area contributed by atoms with Gasteiger partial charge < -0.3 is 15.0 Å². The van der Waals surface area contributed by atoms with Crippen molar-refractivity contribution in [1.82, 2.24) is 15.2 Å². The highest BCUT2D eigenvalue weighted by Gasteiger charge is 2.44. The molecule has 0 bridgehead atoms. The van der Waals surface area contributed by atoms with Gasteiger partial charge in [-0.25, -0.2) is 0 Å². The van der Waals surface area contributed by atoms with Crippen LogP contribution >= 0.6 is 0 Å². The molecule has 1 aromatic carbocycles. The average Bonchev–Trinajstić information content (AvgIpc) is 3.12. The number of hydrogen-bond donors (Lipinski definition) is 2. The predicted molar refractivity (Wildman–Crippen MR) is 89.1 cm³/mol. The van der Waals surface area contributed by atoms with Crippen molar-refractivity contribution in [3.8, 4) is 0 Å². The third kappa shape index (κ3) is 2.45. The summed E-state index contributed by atoms with van der Waals surface area (Å²) in [5.74, 6) is 0. The molecule has 0 atom stereocenters. The Labute approximate surface area is 131 Å². The molecule has 0 radical (unpaired) electrons. The minimum atomic E-state index is 0.249. The fraction of sp³-hybridized carbons (Fsp3) is 0.556. The molecule has 0 saturated carbocycles. The summed E-state index contributed by atoms with van der Waals surface area (Å²) in [6.07, 6.45) is 4.81. The SMILES string of the molecule is Cc1ccc2[nH]cc(CNCC3(N4CCCC4)COC3)c2c1. The Morgan fingerprint density at radius 2 is 2.09 bits per heavy atom. The Morgan fingerprint density at radius 1 is 1.27 bits per heavy atom. The fourth-order valence-electron chi connectivity index (χ4n) is 3.79. The Morgan fingerprint density at radius 3 is 2.82 bits per heavy atom.